The number of rotatable bonds is 2. The van der Waals surface area contributed by atoms with Crippen molar-refractivity contribution >= 4 is 17.9 Å². The third kappa shape index (κ3) is 2.02. The summed E-state index contributed by atoms with van der Waals surface area (Å²) in [7, 11) is 0. The number of pyridine rings is 2. The van der Waals surface area contributed by atoms with Gasteiger partial charge in [-0.05, 0) is 23.8 Å². The summed E-state index contributed by atoms with van der Waals surface area (Å²) >= 11 is 5.94. The van der Waals surface area contributed by atoms with Gasteiger partial charge in [0.2, 0.25) is 0 Å². The van der Waals surface area contributed by atoms with Crippen LogP contribution in [0.25, 0.3) is 11.1 Å². The predicted molar refractivity (Wildman–Crippen MR) is 57.9 cm³/mol. The normalized spacial score (nSPS) is 9.93. The first-order valence-corrected chi connectivity index (χ1v) is 4.70. The summed E-state index contributed by atoms with van der Waals surface area (Å²) in [4.78, 5) is 18.5. The summed E-state index contributed by atoms with van der Waals surface area (Å²) in [6.45, 7) is 0. The van der Waals surface area contributed by atoms with Gasteiger partial charge in [-0.2, -0.15) is 0 Å². The second kappa shape index (κ2) is 4.19. The summed E-state index contributed by atoms with van der Waals surface area (Å²) in [6, 6.07) is 5.34. The van der Waals surface area contributed by atoms with Gasteiger partial charge in [-0.25, -0.2) is 4.98 Å². The maximum atomic E-state index is 10.6. The molecular weight excluding hydrogens is 212 g/mol. The molecule has 0 aromatic carbocycles. The molecule has 2 aromatic rings. The Morgan fingerprint density at radius 3 is 2.67 bits per heavy atom. The molecule has 4 heteroatoms. The van der Waals surface area contributed by atoms with Crippen molar-refractivity contribution in [2.75, 3.05) is 0 Å². The van der Waals surface area contributed by atoms with Crippen molar-refractivity contribution in [3.8, 4) is 11.1 Å². The molecule has 0 N–H and O–H groups in total. The van der Waals surface area contributed by atoms with E-state index in [-0.39, 0.29) is 0 Å². The van der Waals surface area contributed by atoms with Crippen molar-refractivity contribution in [3.63, 3.8) is 0 Å². The lowest BCUT2D eigenvalue weighted by atomic mass is 10.1. The molecule has 15 heavy (non-hydrogen) atoms. The van der Waals surface area contributed by atoms with Gasteiger partial charge in [-0.3, -0.25) is 9.78 Å². The van der Waals surface area contributed by atoms with E-state index in [2.05, 4.69) is 9.97 Å². The van der Waals surface area contributed by atoms with E-state index < -0.39 is 0 Å². The Balaban J connectivity index is 2.57. The van der Waals surface area contributed by atoms with Crippen LogP contribution in [0.5, 0.6) is 0 Å². The number of nitrogens with zero attached hydrogens (tertiary/aromatic N) is 2. The van der Waals surface area contributed by atoms with Crippen LogP contribution in [0.4, 0.5) is 0 Å². The number of carbonyl (C=O) groups excluding carboxylic acids is 1. The van der Waals surface area contributed by atoms with Gasteiger partial charge < -0.3 is 0 Å². The van der Waals surface area contributed by atoms with Crippen molar-refractivity contribution < 1.29 is 4.79 Å². The number of halogens is 1. The first kappa shape index (κ1) is 9.80. The Labute approximate surface area is 91.8 Å². The van der Waals surface area contributed by atoms with Crippen LogP contribution in [0.2, 0.25) is 5.15 Å². The zero-order valence-electron chi connectivity index (χ0n) is 7.72. The molecule has 0 unspecified atom stereocenters. The first-order valence-electron chi connectivity index (χ1n) is 4.32. The minimum absolute atomic E-state index is 0.381. The van der Waals surface area contributed by atoms with Gasteiger partial charge in [0.15, 0.2) is 6.29 Å². The quantitative estimate of drug-likeness (QED) is 0.575. The largest absolute Gasteiger partial charge is 0.298 e. The molecule has 2 heterocycles. The molecule has 0 saturated heterocycles. The molecule has 0 aliphatic rings. The predicted octanol–water partition coefficient (Wildman–Crippen LogP) is 2.61. The minimum Gasteiger partial charge on any atom is -0.298 e. The van der Waals surface area contributed by atoms with Crippen molar-refractivity contribution in [2.45, 2.75) is 0 Å². The van der Waals surface area contributed by atoms with Crippen LogP contribution in [-0.2, 0) is 0 Å². The third-order valence-electron chi connectivity index (χ3n) is 1.99. The monoisotopic (exact) mass is 218 g/mol. The van der Waals surface area contributed by atoms with Gasteiger partial charge in [0.05, 0.1) is 0 Å². The zero-order chi connectivity index (χ0) is 10.7. The lowest BCUT2D eigenvalue weighted by molar-refractivity contribution is 0.112. The fourth-order valence-electron chi connectivity index (χ4n) is 1.26. The first-order chi connectivity index (χ1) is 7.31. The second-order valence-corrected chi connectivity index (χ2v) is 3.32. The molecule has 0 bridgehead atoms. The lowest BCUT2D eigenvalue weighted by Crippen LogP contribution is -1.88. The van der Waals surface area contributed by atoms with E-state index in [4.69, 9.17) is 11.6 Å². The Bertz CT molecular complexity index is 485. The van der Waals surface area contributed by atoms with Crippen LogP contribution in [0.1, 0.15) is 10.4 Å². The molecule has 0 aliphatic carbocycles. The Morgan fingerprint density at radius 1 is 1.27 bits per heavy atom. The maximum absolute atomic E-state index is 10.6. The van der Waals surface area contributed by atoms with Crippen LogP contribution < -0.4 is 0 Å². The molecule has 2 aromatic heterocycles. The highest BCUT2D eigenvalue weighted by atomic mass is 35.5. The average molecular weight is 219 g/mol. The third-order valence-corrected chi connectivity index (χ3v) is 2.29. The summed E-state index contributed by atoms with van der Waals surface area (Å²) in [6.07, 6.45) is 5.52. The summed E-state index contributed by atoms with van der Waals surface area (Å²) in [5.74, 6) is 0. The Kier molecular flexibility index (Phi) is 2.74. The van der Waals surface area contributed by atoms with Gasteiger partial charge in [0, 0.05) is 29.7 Å². The average Bonchev–Trinajstić information content (AvgIpc) is 2.31. The van der Waals surface area contributed by atoms with Crippen LogP contribution in [0.3, 0.4) is 0 Å². The van der Waals surface area contributed by atoms with Crippen molar-refractivity contribution in [3.05, 3.63) is 47.5 Å². The van der Waals surface area contributed by atoms with Gasteiger partial charge in [0.1, 0.15) is 5.15 Å². The molecule has 0 atom stereocenters. The van der Waals surface area contributed by atoms with Crippen molar-refractivity contribution in [2.24, 2.45) is 0 Å². The molecular formula is C11H7ClN2O. The van der Waals surface area contributed by atoms with Crippen molar-refractivity contribution in [1.29, 1.82) is 0 Å². The Morgan fingerprint density at radius 2 is 2.00 bits per heavy atom. The highest BCUT2D eigenvalue weighted by molar-refractivity contribution is 6.32. The zero-order valence-corrected chi connectivity index (χ0v) is 8.48. The molecule has 0 saturated carbocycles. The number of aromatic nitrogens is 2. The molecule has 0 amide bonds. The van der Waals surface area contributed by atoms with E-state index in [1.54, 1.807) is 18.5 Å². The highest BCUT2D eigenvalue weighted by Gasteiger charge is 2.05. The van der Waals surface area contributed by atoms with Gasteiger partial charge in [0.25, 0.3) is 0 Å². The number of carbonyl (C=O) groups is 1. The topological polar surface area (TPSA) is 42.9 Å². The van der Waals surface area contributed by atoms with E-state index in [1.807, 2.05) is 12.1 Å². The maximum Gasteiger partial charge on any atom is 0.151 e. The van der Waals surface area contributed by atoms with Crippen LogP contribution in [-0.4, -0.2) is 16.3 Å². The molecule has 2 rings (SSSR count). The smallest absolute Gasteiger partial charge is 0.151 e. The Hall–Kier alpha value is -1.74. The second-order valence-electron chi connectivity index (χ2n) is 2.96. The van der Waals surface area contributed by atoms with Crippen LogP contribution in [0.15, 0.2) is 36.8 Å². The fraction of sp³-hybridized carbons (Fsp3) is 0. The molecule has 3 nitrogen and oxygen atoms in total. The highest BCUT2D eigenvalue weighted by Crippen LogP contribution is 2.25. The number of hydrogen-bond donors (Lipinski definition) is 0. The van der Waals surface area contributed by atoms with Crippen molar-refractivity contribution in [1.82, 2.24) is 9.97 Å². The van der Waals surface area contributed by atoms with E-state index in [0.717, 1.165) is 17.4 Å². The summed E-state index contributed by atoms with van der Waals surface area (Å²) in [5.41, 5.74) is 2.14. The number of aldehydes is 1. The van der Waals surface area contributed by atoms with E-state index in [0.29, 0.717) is 10.7 Å². The standard InChI is InChI=1S/C11H7ClN2O/c12-11-10(5-8(7-15)6-14-11)9-1-3-13-4-2-9/h1-7H. The van der Waals surface area contributed by atoms with E-state index in [1.165, 1.54) is 6.20 Å². The summed E-state index contributed by atoms with van der Waals surface area (Å²) in [5, 5.41) is 0.381. The lowest BCUT2D eigenvalue weighted by Gasteiger charge is -2.03. The fourth-order valence-corrected chi connectivity index (χ4v) is 1.48. The number of hydrogen-bond acceptors (Lipinski definition) is 3. The van der Waals surface area contributed by atoms with Gasteiger partial charge in [-0.1, -0.05) is 11.6 Å². The molecule has 0 fully saturated rings. The molecule has 0 radical (unpaired) electrons. The SMILES string of the molecule is O=Cc1cnc(Cl)c(-c2ccncc2)c1. The van der Waals surface area contributed by atoms with E-state index in [9.17, 15) is 4.79 Å². The van der Waals surface area contributed by atoms with Crippen LogP contribution in [0, 0.1) is 0 Å². The molecule has 0 aliphatic heterocycles. The molecule has 0 spiro atoms. The van der Waals surface area contributed by atoms with E-state index >= 15 is 0 Å². The van der Waals surface area contributed by atoms with Crippen LogP contribution >= 0.6 is 11.6 Å². The molecule has 74 valence electrons. The van der Waals surface area contributed by atoms with Gasteiger partial charge in [-0.15, -0.1) is 0 Å². The van der Waals surface area contributed by atoms with Gasteiger partial charge >= 0.3 is 0 Å². The summed E-state index contributed by atoms with van der Waals surface area (Å²) < 4.78 is 0. The minimum atomic E-state index is 0.381.